The lowest BCUT2D eigenvalue weighted by molar-refractivity contribution is 0.0173. The van der Waals surface area contributed by atoms with Crippen LogP contribution < -0.4 is 4.72 Å². The van der Waals surface area contributed by atoms with E-state index in [1.54, 1.807) is 17.4 Å². The Labute approximate surface area is 159 Å². The highest BCUT2D eigenvalue weighted by Crippen LogP contribution is 2.23. The number of benzene rings is 1. The van der Waals surface area contributed by atoms with E-state index < -0.39 is 10.0 Å². The lowest BCUT2D eigenvalue weighted by Crippen LogP contribution is -2.43. The van der Waals surface area contributed by atoms with Crippen molar-refractivity contribution in [2.45, 2.75) is 13.0 Å². The van der Waals surface area contributed by atoms with Crippen molar-refractivity contribution in [3.63, 3.8) is 0 Å². The molecule has 5 nitrogen and oxygen atoms in total. The number of rotatable bonds is 7. The fraction of sp³-hybridized carbons (Fsp3) is 0.368. The van der Waals surface area contributed by atoms with Crippen molar-refractivity contribution in [1.82, 2.24) is 9.62 Å². The number of sulfonamides is 1. The summed E-state index contributed by atoms with van der Waals surface area (Å²) in [5.41, 5.74) is 3.15. The van der Waals surface area contributed by atoms with Gasteiger partial charge in [0.15, 0.2) is 0 Å². The second-order valence-corrected chi connectivity index (χ2v) is 8.76. The van der Waals surface area contributed by atoms with Crippen LogP contribution in [-0.2, 0) is 14.8 Å². The van der Waals surface area contributed by atoms with E-state index in [4.69, 9.17) is 4.74 Å². The minimum absolute atomic E-state index is 0.0210. The third kappa shape index (κ3) is 5.49. The molecule has 1 N–H and O–H groups in total. The standard InChI is InChI=1S/C19H24N2O3S2/c1-16-2-4-17(5-3-16)7-13-26(22,23)20-14-19(18-6-12-25-15-18)21-8-10-24-11-9-21/h2-7,12-13,15,19-20H,8-11,14H2,1H3/b13-7+/t19-/m0/s1. The average molecular weight is 393 g/mol. The third-order valence-corrected chi connectivity index (χ3v) is 6.17. The number of hydrogen-bond acceptors (Lipinski definition) is 5. The maximum absolute atomic E-state index is 12.4. The zero-order valence-electron chi connectivity index (χ0n) is 14.8. The van der Waals surface area contributed by atoms with Crippen LogP contribution in [0.25, 0.3) is 6.08 Å². The van der Waals surface area contributed by atoms with Gasteiger partial charge in [-0.3, -0.25) is 4.90 Å². The molecular weight excluding hydrogens is 368 g/mol. The SMILES string of the molecule is Cc1ccc(/C=C/S(=O)(=O)NC[C@@H](c2ccsc2)N2CCOCC2)cc1. The third-order valence-electron chi connectivity index (χ3n) is 4.41. The Morgan fingerprint density at radius 1 is 1.23 bits per heavy atom. The molecule has 0 radical (unpaired) electrons. The van der Waals surface area contributed by atoms with Gasteiger partial charge in [-0.1, -0.05) is 29.8 Å². The molecule has 0 bridgehead atoms. The quantitative estimate of drug-likeness (QED) is 0.787. The van der Waals surface area contributed by atoms with Crippen molar-refractivity contribution in [3.05, 3.63) is 63.2 Å². The van der Waals surface area contributed by atoms with Crippen LogP contribution in [0.3, 0.4) is 0 Å². The van der Waals surface area contributed by atoms with Crippen molar-refractivity contribution in [3.8, 4) is 0 Å². The first-order valence-corrected chi connectivity index (χ1v) is 11.1. The maximum atomic E-state index is 12.4. The van der Waals surface area contributed by atoms with Crippen LogP contribution in [0, 0.1) is 6.92 Å². The number of morpholine rings is 1. The highest BCUT2D eigenvalue weighted by atomic mass is 32.2. The molecule has 1 aliphatic rings. The molecule has 1 aromatic carbocycles. The highest BCUT2D eigenvalue weighted by molar-refractivity contribution is 7.92. The Hall–Kier alpha value is -1.51. The van der Waals surface area contributed by atoms with E-state index in [-0.39, 0.29) is 6.04 Å². The summed E-state index contributed by atoms with van der Waals surface area (Å²) in [7, 11) is -3.50. The Kier molecular flexibility index (Phi) is 6.61. The summed E-state index contributed by atoms with van der Waals surface area (Å²) in [6, 6.07) is 9.82. The molecule has 3 rings (SSSR count). The van der Waals surface area contributed by atoms with Gasteiger partial charge >= 0.3 is 0 Å². The number of hydrogen-bond donors (Lipinski definition) is 1. The molecule has 0 unspecified atom stereocenters. The summed E-state index contributed by atoms with van der Waals surface area (Å²) >= 11 is 1.62. The van der Waals surface area contributed by atoms with E-state index >= 15 is 0 Å². The topological polar surface area (TPSA) is 58.6 Å². The molecule has 1 aromatic heterocycles. The van der Waals surface area contributed by atoms with Crippen LogP contribution in [0.1, 0.15) is 22.7 Å². The molecule has 0 amide bonds. The van der Waals surface area contributed by atoms with Crippen LogP contribution in [0.4, 0.5) is 0 Å². The minimum atomic E-state index is -3.50. The predicted molar refractivity (Wildman–Crippen MR) is 107 cm³/mol. The number of ether oxygens (including phenoxy) is 1. The normalized spacial score (nSPS) is 17.6. The van der Waals surface area contributed by atoms with Crippen LogP contribution in [0.2, 0.25) is 0 Å². The van der Waals surface area contributed by atoms with Crippen molar-refractivity contribution >= 4 is 27.4 Å². The highest BCUT2D eigenvalue weighted by Gasteiger charge is 2.24. The fourth-order valence-corrected chi connectivity index (χ4v) is 4.43. The van der Waals surface area contributed by atoms with E-state index in [1.807, 2.05) is 36.6 Å². The summed E-state index contributed by atoms with van der Waals surface area (Å²) < 4.78 is 32.9. The number of thiophene rings is 1. The molecule has 2 heterocycles. The van der Waals surface area contributed by atoms with E-state index in [1.165, 1.54) is 5.41 Å². The fourth-order valence-electron chi connectivity index (χ4n) is 2.90. The zero-order chi connectivity index (χ0) is 18.4. The zero-order valence-corrected chi connectivity index (χ0v) is 16.4. The second kappa shape index (κ2) is 8.92. The molecule has 0 spiro atoms. The van der Waals surface area contributed by atoms with Crippen LogP contribution >= 0.6 is 11.3 Å². The molecule has 1 fully saturated rings. The lowest BCUT2D eigenvalue weighted by atomic mass is 10.1. The summed E-state index contributed by atoms with van der Waals surface area (Å²) in [5.74, 6) is 0. The number of nitrogens with zero attached hydrogens (tertiary/aromatic N) is 1. The average Bonchev–Trinajstić information content (AvgIpc) is 3.17. The number of nitrogens with one attached hydrogen (secondary N) is 1. The molecule has 1 aliphatic heterocycles. The Balaban J connectivity index is 1.66. The van der Waals surface area contributed by atoms with Gasteiger partial charge in [0.05, 0.1) is 13.2 Å². The van der Waals surface area contributed by atoms with Gasteiger partial charge < -0.3 is 4.74 Å². The minimum Gasteiger partial charge on any atom is -0.379 e. The molecule has 7 heteroatoms. The van der Waals surface area contributed by atoms with E-state index in [0.717, 1.165) is 29.8 Å². The predicted octanol–water partition coefficient (Wildman–Crippen LogP) is 3.02. The summed E-state index contributed by atoms with van der Waals surface area (Å²) in [4.78, 5) is 2.28. The molecule has 2 aromatic rings. The van der Waals surface area contributed by atoms with E-state index in [0.29, 0.717) is 19.8 Å². The Morgan fingerprint density at radius 2 is 1.96 bits per heavy atom. The maximum Gasteiger partial charge on any atom is 0.233 e. The van der Waals surface area contributed by atoms with Crippen LogP contribution in [-0.4, -0.2) is 46.2 Å². The molecule has 140 valence electrons. The first-order valence-electron chi connectivity index (χ1n) is 8.62. The summed E-state index contributed by atoms with van der Waals surface area (Å²) in [6.07, 6.45) is 1.62. The summed E-state index contributed by atoms with van der Waals surface area (Å²) in [6.45, 7) is 5.32. The molecule has 1 saturated heterocycles. The monoisotopic (exact) mass is 392 g/mol. The molecule has 0 aliphatic carbocycles. The van der Waals surface area contributed by atoms with Crippen LogP contribution in [0.15, 0.2) is 46.5 Å². The van der Waals surface area contributed by atoms with Gasteiger partial charge in [-0.25, -0.2) is 13.1 Å². The van der Waals surface area contributed by atoms with Gasteiger partial charge in [0.1, 0.15) is 0 Å². The Morgan fingerprint density at radius 3 is 2.62 bits per heavy atom. The van der Waals surface area contributed by atoms with Gasteiger partial charge in [0.2, 0.25) is 10.0 Å². The first kappa shape index (κ1) is 19.3. The van der Waals surface area contributed by atoms with E-state index in [2.05, 4.69) is 21.1 Å². The largest absolute Gasteiger partial charge is 0.379 e. The van der Waals surface area contributed by atoms with Crippen molar-refractivity contribution < 1.29 is 13.2 Å². The van der Waals surface area contributed by atoms with Crippen LogP contribution in [0.5, 0.6) is 0 Å². The molecule has 26 heavy (non-hydrogen) atoms. The Bertz CT molecular complexity index is 809. The molecule has 0 saturated carbocycles. The van der Waals surface area contributed by atoms with Crippen molar-refractivity contribution in [2.75, 3.05) is 32.8 Å². The van der Waals surface area contributed by atoms with Crippen molar-refractivity contribution in [1.29, 1.82) is 0 Å². The van der Waals surface area contributed by atoms with Gasteiger partial charge in [-0.15, -0.1) is 0 Å². The van der Waals surface area contributed by atoms with Crippen molar-refractivity contribution in [2.24, 2.45) is 0 Å². The van der Waals surface area contributed by atoms with Gasteiger partial charge in [-0.2, -0.15) is 11.3 Å². The first-order chi connectivity index (χ1) is 12.5. The number of aryl methyl sites for hydroxylation is 1. The summed E-state index contributed by atoms with van der Waals surface area (Å²) in [5, 5.41) is 5.34. The lowest BCUT2D eigenvalue weighted by Gasteiger charge is -2.34. The smallest absolute Gasteiger partial charge is 0.233 e. The van der Waals surface area contributed by atoms with Gasteiger partial charge in [0, 0.05) is 31.1 Å². The van der Waals surface area contributed by atoms with E-state index in [9.17, 15) is 8.42 Å². The van der Waals surface area contributed by atoms with Gasteiger partial charge in [-0.05, 0) is 41.0 Å². The molecular formula is C19H24N2O3S2. The molecule has 1 atom stereocenters. The van der Waals surface area contributed by atoms with Gasteiger partial charge in [0.25, 0.3) is 0 Å². The second-order valence-electron chi connectivity index (χ2n) is 6.33.